The second kappa shape index (κ2) is 10.8. The van der Waals surface area contributed by atoms with Crippen LogP contribution in [0, 0.1) is 6.92 Å². The zero-order chi connectivity index (χ0) is 23.0. The molecule has 0 heterocycles. The van der Waals surface area contributed by atoms with Gasteiger partial charge in [0.2, 0.25) is 10.0 Å². The van der Waals surface area contributed by atoms with Gasteiger partial charge < -0.3 is 14.2 Å². The van der Waals surface area contributed by atoms with E-state index in [-0.39, 0.29) is 23.6 Å². The Morgan fingerprint density at radius 3 is 2.22 bits per heavy atom. The summed E-state index contributed by atoms with van der Waals surface area (Å²) in [5, 5.41) is 0. The maximum absolute atomic E-state index is 12.5. The fourth-order valence-electron chi connectivity index (χ4n) is 2.90. The van der Waals surface area contributed by atoms with Crippen molar-refractivity contribution >= 4 is 16.0 Å². The minimum absolute atomic E-state index is 0.0107. The highest BCUT2D eigenvalue weighted by atomic mass is 32.2. The number of nitrogens with one attached hydrogen (secondary N) is 1. The van der Waals surface area contributed by atoms with Crippen molar-refractivity contribution in [2.45, 2.75) is 18.4 Å². The first kappa shape index (κ1) is 23.3. The number of esters is 1. The fraction of sp³-hybridized carbons (Fsp3) is 0.208. The van der Waals surface area contributed by atoms with Crippen LogP contribution in [0.25, 0.3) is 0 Å². The van der Waals surface area contributed by atoms with Gasteiger partial charge in [0.1, 0.15) is 24.7 Å². The van der Waals surface area contributed by atoms with Crippen molar-refractivity contribution in [1.29, 1.82) is 0 Å². The number of carbonyl (C=O) groups excluding carboxylic acids is 1. The summed E-state index contributed by atoms with van der Waals surface area (Å²) in [4.78, 5) is 11.8. The quantitative estimate of drug-likeness (QED) is 0.370. The Labute approximate surface area is 188 Å². The summed E-state index contributed by atoms with van der Waals surface area (Å²) in [6, 6.07) is 21.3. The molecule has 0 saturated heterocycles. The molecule has 0 aliphatic heterocycles. The number of benzene rings is 3. The molecule has 168 valence electrons. The number of hydrogen-bond acceptors (Lipinski definition) is 6. The largest absolute Gasteiger partial charge is 0.492 e. The Bertz CT molecular complexity index is 1140. The molecule has 3 aromatic carbocycles. The molecule has 0 unspecified atom stereocenters. The Kier molecular flexibility index (Phi) is 7.86. The molecule has 0 bridgehead atoms. The van der Waals surface area contributed by atoms with E-state index in [0.717, 1.165) is 5.56 Å². The average molecular weight is 456 g/mol. The highest BCUT2D eigenvalue weighted by Gasteiger charge is 2.18. The van der Waals surface area contributed by atoms with Gasteiger partial charge in [-0.25, -0.2) is 17.9 Å². The molecule has 0 aromatic heterocycles. The third kappa shape index (κ3) is 6.32. The SMILES string of the molecule is COC(=O)c1cc(S(=O)(=O)NCCOc2ccc(OCc3ccccc3)cc2)ccc1C. The normalized spacial score (nSPS) is 11.1. The second-order valence-electron chi connectivity index (χ2n) is 6.96. The molecule has 0 spiro atoms. The van der Waals surface area contributed by atoms with Gasteiger partial charge in [0, 0.05) is 6.54 Å². The van der Waals surface area contributed by atoms with Gasteiger partial charge in [-0.2, -0.15) is 0 Å². The Balaban J connectivity index is 1.48. The third-order valence-corrected chi connectivity index (χ3v) is 6.12. The van der Waals surface area contributed by atoms with E-state index >= 15 is 0 Å². The van der Waals surface area contributed by atoms with E-state index in [4.69, 9.17) is 14.2 Å². The molecular formula is C24H25NO6S. The lowest BCUT2D eigenvalue weighted by atomic mass is 10.1. The summed E-state index contributed by atoms with van der Waals surface area (Å²) >= 11 is 0. The smallest absolute Gasteiger partial charge is 0.338 e. The van der Waals surface area contributed by atoms with Crippen LogP contribution in [0.5, 0.6) is 11.5 Å². The van der Waals surface area contributed by atoms with Gasteiger partial charge in [0.05, 0.1) is 17.6 Å². The number of carbonyl (C=O) groups is 1. The first-order valence-corrected chi connectivity index (χ1v) is 11.5. The molecular weight excluding hydrogens is 430 g/mol. The van der Waals surface area contributed by atoms with Crippen LogP contribution >= 0.6 is 0 Å². The van der Waals surface area contributed by atoms with E-state index in [1.54, 1.807) is 37.3 Å². The Morgan fingerprint density at radius 1 is 0.906 bits per heavy atom. The lowest BCUT2D eigenvalue weighted by Gasteiger charge is -2.11. The standard InChI is InChI=1S/C24H25NO6S/c1-18-8-13-22(16-23(18)24(26)29-2)32(27,28)25-14-15-30-20-9-11-21(12-10-20)31-17-19-6-4-3-5-7-19/h3-13,16,25H,14-15,17H2,1-2H3. The summed E-state index contributed by atoms with van der Waals surface area (Å²) in [6.45, 7) is 2.39. The molecule has 0 radical (unpaired) electrons. The summed E-state index contributed by atoms with van der Waals surface area (Å²) in [5.74, 6) is 0.723. The Hall–Kier alpha value is -3.36. The van der Waals surface area contributed by atoms with E-state index in [0.29, 0.717) is 23.7 Å². The van der Waals surface area contributed by atoms with Gasteiger partial charge in [0.25, 0.3) is 0 Å². The van der Waals surface area contributed by atoms with Gasteiger partial charge in [-0.1, -0.05) is 36.4 Å². The molecule has 8 heteroatoms. The topological polar surface area (TPSA) is 90.9 Å². The van der Waals surface area contributed by atoms with E-state index in [2.05, 4.69) is 4.72 Å². The van der Waals surface area contributed by atoms with E-state index in [9.17, 15) is 13.2 Å². The average Bonchev–Trinajstić information content (AvgIpc) is 2.81. The van der Waals surface area contributed by atoms with Gasteiger partial charge in [-0.15, -0.1) is 0 Å². The lowest BCUT2D eigenvalue weighted by molar-refractivity contribution is 0.0599. The van der Waals surface area contributed by atoms with Crippen molar-refractivity contribution in [3.8, 4) is 11.5 Å². The summed E-state index contributed by atoms with van der Waals surface area (Å²) in [7, 11) is -2.54. The number of ether oxygens (including phenoxy) is 3. The number of sulfonamides is 1. The number of hydrogen-bond donors (Lipinski definition) is 1. The summed E-state index contributed by atoms with van der Waals surface area (Å²) in [5.41, 5.74) is 1.92. The van der Waals surface area contributed by atoms with Crippen LogP contribution in [0.4, 0.5) is 0 Å². The van der Waals surface area contributed by atoms with Gasteiger partial charge in [0.15, 0.2) is 0 Å². The molecule has 0 aliphatic carbocycles. The van der Waals surface area contributed by atoms with Gasteiger partial charge >= 0.3 is 5.97 Å². The minimum atomic E-state index is -3.79. The molecule has 0 amide bonds. The maximum Gasteiger partial charge on any atom is 0.338 e. The first-order valence-electron chi connectivity index (χ1n) is 9.97. The van der Waals surface area contributed by atoms with E-state index in [1.165, 1.54) is 19.2 Å². The van der Waals surface area contributed by atoms with Crippen LogP contribution in [0.2, 0.25) is 0 Å². The monoisotopic (exact) mass is 455 g/mol. The molecule has 7 nitrogen and oxygen atoms in total. The van der Waals surface area contributed by atoms with Crippen molar-refractivity contribution < 1.29 is 27.4 Å². The predicted octanol–water partition coefficient (Wildman–Crippen LogP) is 3.72. The molecule has 0 fully saturated rings. The Morgan fingerprint density at radius 2 is 1.56 bits per heavy atom. The third-order valence-electron chi connectivity index (χ3n) is 4.66. The van der Waals surface area contributed by atoms with Crippen molar-refractivity contribution in [2.75, 3.05) is 20.3 Å². The molecule has 0 atom stereocenters. The van der Waals surface area contributed by atoms with E-state index in [1.807, 2.05) is 30.3 Å². The summed E-state index contributed by atoms with van der Waals surface area (Å²) < 4.78 is 43.5. The molecule has 3 aromatic rings. The molecule has 0 saturated carbocycles. The van der Waals surface area contributed by atoms with Crippen LogP contribution in [-0.2, 0) is 21.4 Å². The van der Waals surface area contributed by atoms with Crippen molar-refractivity contribution in [2.24, 2.45) is 0 Å². The van der Waals surface area contributed by atoms with Crippen LogP contribution < -0.4 is 14.2 Å². The molecule has 1 N–H and O–H groups in total. The van der Waals surface area contributed by atoms with Crippen molar-refractivity contribution in [1.82, 2.24) is 4.72 Å². The van der Waals surface area contributed by atoms with Crippen LogP contribution in [0.3, 0.4) is 0 Å². The number of methoxy groups -OCH3 is 1. The molecule has 32 heavy (non-hydrogen) atoms. The molecule has 0 aliphatic rings. The van der Waals surface area contributed by atoms with Gasteiger partial charge in [-0.3, -0.25) is 0 Å². The van der Waals surface area contributed by atoms with Crippen LogP contribution in [0.15, 0.2) is 77.7 Å². The zero-order valence-electron chi connectivity index (χ0n) is 17.9. The highest BCUT2D eigenvalue weighted by molar-refractivity contribution is 7.89. The van der Waals surface area contributed by atoms with Crippen LogP contribution in [0.1, 0.15) is 21.5 Å². The predicted molar refractivity (Wildman–Crippen MR) is 120 cm³/mol. The zero-order valence-corrected chi connectivity index (χ0v) is 18.7. The highest BCUT2D eigenvalue weighted by Crippen LogP contribution is 2.19. The van der Waals surface area contributed by atoms with Crippen LogP contribution in [-0.4, -0.2) is 34.6 Å². The number of aryl methyl sites for hydroxylation is 1. The first-order chi connectivity index (χ1) is 15.4. The maximum atomic E-state index is 12.5. The van der Waals surface area contributed by atoms with Crippen molar-refractivity contribution in [3.05, 3.63) is 89.5 Å². The minimum Gasteiger partial charge on any atom is -0.492 e. The number of rotatable bonds is 10. The fourth-order valence-corrected chi connectivity index (χ4v) is 3.94. The van der Waals surface area contributed by atoms with Crippen molar-refractivity contribution in [3.63, 3.8) is 0 Å². The van der Waals surface area contributed by atoms with Gasteiger partial charge in [-0.05, 0) is 54.4 Å². The second-order valence-corrected chi connectivity index (χ2v) is 8.73. The summed E-state index contributed by atoms with van der Waals surface area (Å²) in [6.07, 6.45) is 0. The van der Waals surface area contributed by atoms with E-state index < -0.39 is 16.0 Å². The molecule has 3 rings (SSSR count). The lowest BCUT2D eigenvalue weighted by Crippen LogP contribution is -2.28.